The predicted octanol–water partition coefficient (Wildman–Crippen LogP) is 3.13. The number of nitrogens with one attached hydrogen (secondary N) is 1. The Morgan fingerprint density at radius 2 is 1.85 bits per heavy atom. The third kappa shape index (κ3) is 4.06. The molecule has 0 bridgehead atoms. The van der Waals surface area contributed by atoms with Crippen molar-refractivity contribution >= 4 is 28.5 Å². The lowest BCUT2D eigenvalue weighted by molar-refractivity contribution is -0.116. The van der Waals surface area contributed by atoms with Crippen LogP contribution < -0.4 is 10.9 Å². The number of para-hydroxylation sites is 1. The highest BCUT2D eigenvalue weighted by Crippen LogP contribution is 2.16. The number of fused-ring (bicyclic) bond motifs is 1. The highest BCUT2D eigenvalue weighted by atomic mass is 16.5. The number of hydrogen-bond donors (Lipinski definition) is 1. The van der Waals surface area contributed by atoms with E-state index in [2.05, 4.69) is 10.1 Å². The number of carbonyl (C=O) groups excluding carboxylic acids is 2. The van der Waals surface area contributed by atoms with Crippen LogP contribution in [0, 0.1) is 6.92 Å². The Morgan fingerprint density at radius 1 is 1.07 bits per heavy atom. The summed E-state index contributed by atoms with van der Waals surface area (Å²) in [5.74, 6) is -0.711. The maximum Gasteiger partial charge on any atom is 0.337 e. The van der Waals surface area contributed by atoms with Crippen LogP contribution in [0.2, 0.25) is 0 Å². The summed E-state index contributed by atoms with van der Waals surface area (Å²) in [4.78, 5) is 36.2. The molecule has 138 valence electrons. The molecular formula is C21H20N2O4. The van der Waals surface area contributed by atoms with Gasteiger partial charge in [0, 0.05) is 30.1 Å². The van der Waals surface area contributed by atoms with E-state index in [1.54, 1.807) is 34.9 Å². The minimum Gasteiger partial charge on any atom is -0.465 e. The van der Waals surface area contributed by atoms with Crippen LogP contribution in [0.3, 0.4) is 0 Å². The van der Waals surface area contributed by atoms with Crippen LogP contribution in [-0.2, 0) is 16.1 Å². The summed E-state index contributed by atoms with van der Waals surface area (Å²) < 4.78 is 6.28. The molecule has 1 aromatic heterocycles. The number of carbonyl (C=O) groups is 2. The molecule has 6 heteroatoms. The van der Waals surface area contributed by atoms with Crippen molar-refractivity contribution in [2.75, 3.05) is 12.4 Å². The Balaban J connectivity index is 1.75. The first-order valence-corrected chi connectivity index (χ1v) is 8.57. The van der Waals surface area contributed by atoms with Gasteiger partial charge in [0.2, 0.25) is 5.91 Å². The third-order valence-electron chi connectivity index (χ3n) is 4.36. The van der Waals surface area contributed by atoms with Gasteiger partial charge in [-0.15, -0.1) is 0 Å². The van der Waals surface area contributed by atoms with E-state index in [9.17, 15) is 14.4 Å². The van der Waals surface area contributed by atoms with E-state index in [4.69, 9.17) is 0 Å². The Labute approximate surface area is 156 Å². The average Bonchev–Trinajstić information content (AvgIpc) is 2.67. The van der Waals surface area contributed by atoms with Crippen molar-refractivity contribution in [3.8, 4) is 0 Å². The number of amides is 1. The first-order valence-electron chi connectivity index (χ1n) is 8.57. The largest absolute Gasteiger partial charge is 0.465 e. The second-order valence-corrected chi connectivity index (χ2v) is 6.20. The second kappa shape index (κ2) is 7.86. The van der Waals surface area contributed by atoms with E-state index < -0.39 is 5.97 Å². The molecule has 6 nitrogen and oxygen atoms in total. The number of ether oxygens (including phenoxy) is 1. The number of pyridine rings is 1. The van der Waals surface area contributed by atoms with Gasteiger partial charge in [0.25, 0.3) is 5.56 Å². The highest BCUT2D eigenvalue weighted by molar-refractivity contribution is 5.94. The fraction of sp³-hybridized carbons (Fsp3) is 0.190. The smallest absolute Gasteiger partial charge is 0.337 e. The number of esters is 1. The third-order valence-corrected chi connectivity index (χ3v) is 4.36. The first kappa shape index (κ1) is 18.4. The van der Waals surface area contributed by atoms with Crippen LogP contribution in [0.1, 0.15) is 22.3 Å². The van der Waals surface area contributed by atoms with Gasteiger partial charge in [-0.1, -0.05) is 24.3 Å². The first-order chi connectivity index (χ1) is 13.0. The van der Waals surface area contributed by atoms with Crippen molar-refractivity contribution in [1.82, 2.24) is 4.57 Å². The zero-order valence-electron chi connectivity index (χ0n) is 15.2. The summed E-state index contributed by atoms with van der Waals surface area (Å²) >= 11 is 0. The molecule has 0 unspecified atom stereocenters. The Kier molecular flexibility index (Phi) is 5.35. The quantitative estimate of drug-likeness (QED) is 0.706. The van der Waals surface area contributed by atoms with Crippen LogP contribution in [0.25, 0.3) is 10.9 Å². The Morgan fingerprint density at radius 3 is 2.63 bits per heavy atom. The van der Waals surface area contributed by atoms with Gasteiger partial charge in [-0.2, -0.15) is 0 Å². The molecule has 3 aromatic rings. The molecule has 0 spiro atoms. The zero-order chi connectivity index (χ0) is 19.4. The van der Waals surface area contributed by atoms with Crippen LogP contribution in [-0.4, -0.2) is 23.6 Å². The van der Waals surface area contributed by atoms with E-state index in [0.717, 1.165) is 16.5 Å². The average molecular weight is 364 g/mol. The van der Waals surface area contributed by atoms with Gasteiger partial charge in [-0.3, -0.25) is 9.59 Å². The number of hydrogen-bond acceptors (Lipinski definition) is 4. The summed E-state index contributed by atoms with van der Waals surface area (Å²) in [5, 5.41) is 3.74. The molecule has 0 saturated heterocycles. The van der Waals surface area contributed by atoms with E-state index >= 15 is 0 Å². The minimum atomic E-state index is -0.469. The van der Waals surface area contributed by atoms with Crippen LogP contribution in [0.4, 0.5) is 5.69 Å². The molecule has 0 radical (unpaired) electrons. The second-order valence-electron chi connectivity index (χ2n) is 6.20. The lowest BCUT2D eigenvalue weighted by Crippen LogP contribution is -2.23. The van der Waals surface area contributed by atoms with Crippen molar-refractivity contribution in [3.05, 3.63) is 76.1 Å². The van der Waals surface area contributed by atoms with Gasteiger partial charge in [-0.25, -0.2) is 4.79 Å². The van der Waals surface area contributed by atoms with Crippen LogP contribution >= 0.6 is 0 Å². The molecule has 27 heavy (non-hydrogen) atoms. The molecule has 3 rings (SSSR count). The van der Waals surface area contributed by atoms with Crippen molar-refractivity contribution < 1.29 is 14.3 Å². The maximum absolute atomic E-state index is 12.4. The number of benzene rings is 2. The van der Waals surface area contributed by atoms with Crippen molar-refractivity contribution in [1.29, 1.82) is 0 Å². The van der Waals surface area contributed by atoms with Gasteiger partial charge < -0.3 is 14.6 Å². The summed E-state index contributed by atoms with van der Waals surface area (Å²) in [6.07, 6.45) is 0.134. The number of aromatic nitrogens is 1. The van der Waals surface area contributed by atoms with E-state index in [1.807, 2.05) is 31.2 Å². The Bertz CT molecular complexity index is 1070. The maximum atomic E-state index is 12.4. The molecule has 1 N–H and O–H groups in total. The predicted molar refractivity (Wildman–Crippen MR) is 104 cm³/mol. The topological polar surface area (TPSA) is 77.4 Å². The lowest BCUT2D eigenvalue weighted by Gasteiger charge is -2.12. The normalized spacial score (nSPS) is 10.6. The molecule has 1 heterocycles. The summed E-state index contributed by atoms with van der Waals surface area (Å²) in [5.41, 5.74) is 2.45. The number of nitrogens with zero attached hydrogens (tertiary/aromatic N) is 1. The fourth-order valence-electron chi connectivity index (χ4n) is 3.01. The van der Waals surface area contributed by atoms with Crippen molar-refractivity contribution in [3.63, 3.8) is 0 Å². The zero-order valence-corrected chi connectivity index (χ0v) is 15.2. The fourth-order valence-corrected chi connectivity index (χ4v) is 3.01. The van der Waals surface area contributed by atoms with Gasteiger partial charge in [0.05, 0.1) is 18.2 Å². The number of rotatable bonds is 5. The highest BCUT2D eigenvalue weighted by Gasteiger charge is 2.10. The Hall–Kier alpha value is -3.41. The minimum absolute atomic E-state index is 0.133. The van der Waals surface area contributed by atoms with E-state index in [1.165, 1.54) is 7.11 Å². The van der Waals surface area contributed by atoms with Crippen LogP contribution in [0.5, 0.6) is 0 Å². The molecule has 0 atom stereocenters. The molecular weight excluding hydrogens is 344 g/mol. The molecule has 0 aliphatic carbocycles. The molecule has 0 saturated carbocycles. The van der Waals surface area contributed by atoms with E-state index in [0.29, 0.717) is 11.3 Å². The monoisotopic (exact) mass is 364 g/mol. The standard InChI is InChI=1S/C21H20N2O4/c1-14-12-20(25)23(18-9-4-3-8-17(14)18)11-10-19(24)22-16-7-5-6-15(13-16)21(26)27-2/h3-9,12-13H,10-11H2,1-2H3,(H,22,24). The van der Waals surface area contributed by atoms with E-state index in [-0.39, 0.29) is 24.4 Å². The summed E-state index contributed by atoms with van der Waals surface area (Å²) in [6, 6.07) is 15.7. The summed E-state index contributed by atoms with van der Waals surface area (Å²) in [6.45, 7) is 2.16. The molecule has 0 aliphatic heterocycles. The number of anilines is 1. The molecule has 1 amide bonds. The van der Waals surface area contributed by atoms with Gasteiger partial charge in [0.15, 0.2) is 0 Å². The SMILES string of the molecule is COC(=O)c1cccc(NC(=O)CCn2c(=O)cc(C)c3ccccc32)c1. The number of methoxy groups -OCH3 is 1. The lowest BCUT2D eigenvalue weighted by atomic mass is 10.1. The van der Waals surface area contributed by atoms with Gasteiger partial charge in [-0.05, 0) is 36.8 Å². The molecule has 2 aromatic carbocycles. The number of aryl methyl sites for hydroxylation is 2. The van der Waals surface area contributed by atoms with Gasteiger partial charge in [0.1, 0.15) is 0 Å². The van der Waals surface area contributed by atoms with Crippen molar-refractivity contribution in [2.24, 2.45) is 0 Å². The van der Waals surface area contributed by atoms with Crippen LogP contribution in [0.15, 0.2) is 59.4 Å². The molecule has 0 aliphatic rings. The molecule has 0 fully saturated rings. The van der Waals surface area contributed by atoms with Gasteiger partial charge >= 0.3 is 5.97 Å². The van der Waals surface area contributed by atoms with Crippen molar-refractivity contribution in [2.45, 2.75) is 19.9 Å². The summed E-state index contributed by atoms with van der Waals surface area (Å²) in [7, 11) is 1.30.